The van der Waals surface area contributed by atoms with Gasteiger partial charge in [0.15, 0.2) is 0 Å². The van der Waals surface area contributed by atoms with Crippen LogP contribution in [0.3, 0.4) is 0 Å². The van der Waals surface area contributed by atoms with E-state index in [9.17, 15) is 4.79 Å². The molecule has 1 aliphatic carbocycles. The summed E-state index contributed by atoms with van der Waals surface area (Å²) in [5, 5.41) is 0. The van der Waals surface area contributed by atoms with Crippen LogP contribution >= 0.6 is 15.9 Å². The Labute approximate surface area is 90.6 Å². The van der Waals surface area contributed by atoms with Gasteiger partial charge in [-0.1, -0.05) is 0 Å². The van der Waals surface area contributed by atoms with E-state index in [1.54, 1.807) is 0 Å². The van der Waals surface area contributed by atoms with Crippen molar-refractivity contribution in [2.24, 2.45) is 0 Å². The molecule has 74 valence electrons. The van der Waals surface area contributed by atoms with Crippen LogP contribution in [0.15, 0.2) is 4.60 Å². The van der Waals surface area contributed by atoms with Crippen molar-refractivity contribution in [2.75, 3.05) is 0 Å². The molecule has 14 heavy (non-hydrogen) atoms. The van der Waals surface area contributed by atoms with Gasteiger partial charge in [0.1, 0.15) is 16.2 Å². The summed E-state index contributed by atoms with van der Waals surface area (Å²) in [5.41, 5.74) is 1.18. The molecule has 0 unspecified atom stereocenters. The molecule has 0 atom stereocenters. The first kappa shape index (κ1) is 8.65. The molecular formula is C10H11BrN2O. The Morgan fingerprint density at radius 1 is 1.43 bits per heavy atom. The summed E-state index contributed by atoms with van der Waals surface area (Å²) in [6, 6.07) is 0. The maximum atomic E-state index is 11.3. The molecule has 1 aromatic heterocycles. The van der Waals surface area contributed by atoms with E-state index in [1.807, 2.05) is 0 Å². The van der Waals surface area contributed by atoms with E-state index in [0.29, 0.717) is 24.5 Å². The number of ketones is 1. The average Bonchev–Trinajstić information content (AvgIpc) is 2.93. The highest BCUT2D eigenvalue weighted by Crippen LogP contribution is 2.43. The minimum Gasteiger partial charge on any atom is -0.322 e. The third-order valence-corrected chi connectivity index (χ3v) is 3.78. The van der Waals surface area contributed by atoms with Crippen LogP contribution in [0.4, 0.5) is 0 Å². The predicted molar refractivity (Wildman–Crippen MR) is 55.2 cm³/mol. The quantitative estimate of drug-likeness (QED) is 0.769. The summed E-state index contributed by atoms with van der Waals surface area (Å²) in [6.45, 7) is 0.800. The molecule has 1 aliphatic heterocycles. The molecule has 0 radical (unpaired) electrons. The van der Waals surface area contributed by atoms with Crippen molar-refractivity contribution in [1.82, 2.24) is 9.55 Å². The van der Waals surface area contributed by atoms with E-state index >= 15 is 0 Å². The Hall–Kier alpha value is -0.640. The van der Waals surface area contributed by atoms with Gasteiger partial charge < -0.3 is 4.57 Å². The molecule has 1 aromatic rings. The number of Topliss-reactive ketones (excluding diaryl/α,β-unsaturated/α-hetero) is 1. The topological polar surface area (TPSA) is 34.9 Å². The highest BCUT2D eigenvalue weighted by molar-refractivity contribution is 9.10. The van der Waals surface area contributed by atoms with Crippen molar-refractivity contribution in [1.29, 1.82) is 0 Å². The zero-order chi connectivity index (χ0) is 9.71. The van der Waals surface area contributed by atoms with E-state index in [0.717, 1.165) is 17.0 Å². The Morgan fingerprint density at radius 2 is 2.21 bits per heavy atom. The molecule has 0 amide bonds. The van der Waals surface area contributed by atoms with E-state index in [4.69, 9.17) is 0 Å². The summed E-state index contributed by atoms with van der Waals surface area (Å²) in [7, 11) is 0. The van der Waals surface area contributed by atoms with Crippen LogP contribution in [0.5, 0.6) is 0 Å². The SMILES string of the molecule is O=C1CCn2c(nc(C3CC3)c2Br)C1. The second-order valence-electron chi connectivity index (χ2n) is 4.10. The van der Waals surface area contributed by atoms with Crippen molar-refractivity contribution in [3.8, 4) is 0 Å². The lowest BCUT2D eigenvalue weighted by Crippen LogP contribution is -2.18. The van der Waals surface area contributed by atoms with E-state index in [1.165, 1.54) is 18.5 Å². The number of fused-ring (bicyclic) bond motifs is 1. The number of imidazole rings is 1. The fraction of sp³-hybridized carbons (Fsp3) is 0.600. The summed E-state index contributed by atoms with van der Waals surface area (Å²) in [6.07, 6.45) is 3.68. The predicted octanol–water partition coefficient (Wildman–Crippen LogP) is 2.04. The van der Waals surface area contributed by atoms with Crippen LogP contribution in [0, 0.1) is 0 Å². The lowest BCUT2D eigenvalue weighted by atomic mass is 10.1. The van der Waals surface area contributed by atoms with Gasteiger partial charge in [-0.2, -0.15) is 0 Å². The van der Waals surface area contributed by atoms with Gasteiger partial charge in [0.25, 0.3) is 0 Å². The van der Waals surface area contributed by atoms with Crippen molar-refractivity contribution in [3.05, 3.63) is 16.1 Å². The number of carbonyl (C=O) groups is 1. The van der Waals surface area contributed by atoms with E-state index in [2.05, 4.69) is 25.5 Å². The van der Waals surface area contributed by atoms with Crippen LogP contribution in [0.1, 0.15) is 36.7 Å². The van der Waals surface area contributed by atoms with E-state index < -0.39 is 0 Å². The standard InChI is InChI=1S/C10H11BrN2O/c11-10-9(6-1-2-6)12-8-5-7(14)3-4-13(8)10/h6H,1-5H2. The first-order chi connectivity index (χ1) is 6.75. The molecule has 1 fully saturated rings. The maximum Gasteiger partial charge on any atom is 0.142 e. The van der Waals surface area contributed by atoms with Gasteiger partial charge in [-0.25, -0.2) is 4.98 Å². The normalized spacial score (nSPS) is 21.1. The van der Waals surface area contributed by atoms with Crippen LogP contribution in [0.2, 0.25) is 0 Å². The fourth-order valence-electron chi connectivity index (χ4n) is 1.98. The Morgan fingerprint density at radius 3 is 2.93 bits per heavy atom. The van der Waals surface area contributed by atoms with Gasteiger partial charge in [-0.15, -0.1) is 0 Å². The molecule has 2 heterocycles. The molecule has 1 saturated carbocycles. The number of aromatic nitrogens is 2. The Kier molecular flexibility index (Phi) is 1.81. The molecule has 0 aromatic carbocycles. The van der Waals surface area contributed by atoms with Crippen LogP contribution in [0.25, 0.3) is 0 Å². The summed E-state index contributed by atoms with van der Waals surface area (Å²) >= 11 is 3.59. The highest BCUT2D eigenvalue weighted by Gasteiger charge is 2.32. The lowest BCUT2D eigenvalue weighted by Gasteiger charge is -2.13. The van der Waals surface area contributed by atoms with Gasteiger partial charge in [-0.3, -0.25) is 4.79 Å². The first-order valence-corrected chi connectivity index (χ1v) is 5.81. The summed E-state index contributed by atoms with van der Waals surface area (Å²) in [4.78, 5) is 15.8. The van der Waals surface area contributed by atoms with Crippen molar-refractivity contribution in [2.45, 2.75) is 38.1 Å². The molecule has 0 saturated heterocycles. The van der Waals surface area contributed by atoms with Crippen molar-refractivity contribution >= 4 is 21.7 Å². The van der Waals surface area contributed by atoms with Gasteiger partial charge in [0.2, 0.25) is 0 Å². The molecule has 4 heteroatoms. The Balaban J connectivity index is 2.05. The number of carbonyl (C=O) groups excluding carboxylic acids is 1. The molecule has 0 spiro atoms. The molecule has 2 aliphatic rings. The van der Waals surface area contributed by atoms with Gasteiger partial charge in [0.05, 0.1) is 12.1 Å². The van der Waals surface area contributed by atoms with Crippen molar-refractivity contribution < 1.29 is 4.79 Å². The number of nitrogens with zero attached hydrogens (tertiary/aromatic N) is 2. The van der Waals surface area contributed by atoms with Crippen LogP contribution in [-0.2, 0) is 17.8 Å². The van der Waals surface area contributed by atoms with Crippen LogP contribution < -0.4 is 0 Å². The minimum atomic E-state index is 0.317. The molecule has 3 nitrogen and oxygen atoms in total. The summed E-state index contributed by atoms with van der Waals surface area (Å²) < 4.78 is 3.26. The third-order valence-electron chi connectivity index (χ3n) is 2.94. The molecule has 0 bridgehead atoms. The Bertz CT molecular complexity index is 406. The largest absolute Gasteiger partial charge is 0.322 e. The third kappa shape index (κ3) is 1.24. The van der Waals surface area contributed by atoms with Crippen molar-refractivity contribution in [3.63, 3.8) is 0 Å². The highest BCUT2D eigenvalue weighted by atomic mass is 79.9. The number of hydrogen-bond acceptors (Lipinski definition) is 2. The number of halogens is 1. The number of hydrogen-bond donors (Lipinski definition) is 0. The molecular weight excluding hydrogens is 244 g/mol. The average molecular weight is 255 g/mol. The summed E-state index contributed by atoms with van der Waals surface area (Å²) in [5.74, 6) is 1.92. The van der Waals surface area contributed by atoms with Gasteiger partial charge in [0, 0.05) is 18.9 Å². The molecule has 3 rings (SSSR count). The monoisotopic (exact) mass is 254 g/mol. The fourth-order valence-corrected chi connectivity index (χ4v) is 2.77. The van der Waals surface area contributed by atoms with E-state index in [-0.39, 0.29) is 0 Å². The van der Waals surface area contributed by atoms with Gasteiger partial charge >= 0.3 is 0 Å². The van der Waals surface area contributed by atoms with Gasteiger partial charge in [-0.05, 0) is 28.8 Å². The zero-order valence-corrected chi connectivity index (χ0v) is 9.38. The second-order valence-corrected chi connectivity index (χ2v) is 4.85. The first-order valence-electron chi connectivity index (χ1n) is 5.02. The number of rotatable bonds is 1. The lowest BCUT2D eigenvalue weighted by molar-refractivity contribution is -0.119. The van der Waals surface area contributed by atoms with Crippen LogP contribution in [-0.4, -0.2) is 15.3 Å². The molecule has 0 N–H and O–H groups in total. The smallest absolute Gasteiger partial charge is 0.142 e. The zero-order valence-electron chi connectivity index (χ0n) is 7.79. The minimum absolute atomic E-state index is 0.317. The second kappa shape index (κ2) is 2.92. The maximum absolute atomic E-state index is 11.3.